The molecule has 0 aliphatic heterocycles. The van der Waals surface area contributed by atoms with E-state index in [9.17, 15) is 0 Å². The summed E-state index contributed by atoms with van der Waals surface area (Å²) in [6.07, 6.45) is 2.49. The number of fused-ring (bicyclic) bond motifs is 1. The average molecular weight is 455 g/mol. The van der Waals surface area contributed by atoms with E-state index in [1.165, 1.54) is 5.56 Å². The molecule has 25 heavy (non-hydrogen) atoms. The molecule has 0 heterocycles. The monoisotopic (exact) mass is 452 g/mol. The standard InChI is InChI=1S/C12H13.C10H15.2ClH.Zr/c1-9(2)12-7-10-5-3-4-6-11(10)8-12;1-6-7(2)9(4)10(5)8(6)3;;;/h3-9H,1-2H3;1-5H3;2*1H;/q;;;;+2/p-2. The van der Waals surface area contributed by atoms with Crippen LogP contribution < -0.4 is 24.8 Å². The van der Waals surface area contributed by atoms with E-state index in [1.54, 1.807) is 33.4 Å². The summed E-state index contributed by atoms with van der Waals surface area (Å²) in [5.41, 5.74) is 11.1. The van der Waals surface area contributed by atoms with Crippen LogP contribution in [-0.4, -0.2) is 0 Å². The van der Waals surface area contributed by atoms with Crippen LogP contribution in [0.3, 0.4) is 0 Å². The van der Waals surface area contributed by atoms with Crippen LogP contribution in [0.25, 0.3) is 6.08 Å². The van der Waals surface area contributed by atoms with E-state index in [0.717, 1.165) is 3.63 Å². The van der Waals surface area contributed by atoms with Crippen molar-refractivity contribution in [3.8, 4) is 0 Å². The van der Waals surface area contributed by atoms with Crippen molar-refractivity contribution in [3.05, 3.63) is 63.3 Å². The fourth-order valence-corrected chi connectivity index (χ4v) is 9.98. The van der Waals surface area contributed by atoms with Gasteiger partial charge in [0.15, 0.2) is 0 Å². The molecule has 2 aliphatic carbocycles. The minimum atomic E-state index is -0.725. The van der Waals surface area contributed by atoms with Crippen molar-refractivity contribution >= 4 is 6.08 Å². The second kappa shape index (κ2) is 8.28. The molecular weight excluding hydrogens is 426 g/mol. The summed E-state index contributed by atoms with van der Waals surface area (Å²) in [4.78, 5) is 0. The second-order valence-corrected chi connectivity index (χ2v) is 12.2. The number of halogens is 2. The van der Waals surface area contributed by atoms with Gasteiger partial charge >= 0.3 is 154 Å². The van der Waals surface area contributed by atoms with Crippen molar-refractivity contribution < 1.29 is 48.0 Å². The Kier molecular flexibility index (Phi) is 7.60. The van der Waals surface area contributed by atoms with Gasteiger partial charge in [0.2, 0.25) is 0 Å². The summed E-state index contributed by atoms with van der Waals surface area (Å²) >= 11 is -0.725. The second-order valence-electron chi connectivity index (χ2n) is 7.63. The van der Waals surface area contributed by atoms with Crippen molar-refractivity contribution in [1.29, 1.82) is 0 Å². The van der Waals surface area contributed by atoms with Crippen LogP contribution in [0.1, 0.15) is 63.2 Å². The maximum Gasteiger partial charge on any atom is -1.00 e. The van der Waals surface area contributed by atoms with Crippen molar-refractivity contribution in [2.45, 2.75) is 55.2 Å². The average Bonchev–Trinajstić information content (AvgIpc) is 2.96. The Labute approximate surface area is 177 Å². The van der Waals surface area contributed by atoms with E-state index < -0.39 is 23.2 Å². The zero-order valence-electron chi connectivity index (χ0n) is 16.3. The SMILES string of the molecule is CC1=C(C)[C](C)([Zr+2][CH]2C(C(C)C)=Cc3ccccc32)C(C)=C1C.[Cl-].[Cl-]. The Hall–Kier alpha value is -0.0969. The predicted molar refractivity (Wildman–Crippen MR) is 97.1 cm³/mol. The summed E-state index contributed by atoms with van der Waals surface area (Å²) in [5, 5.41) is 0. The van der Waals surface area contributed by atoms with Crippen LogP contribution in [0.2, 0.25) is 3.12 Å². The molecule has 0 saturated carbocycles. The third kappa shape index (κ3) is 3.67. The van der Waals surface area contributed by atoms with E-state index in [-0.39, 0.29) is 24.8 Å². The van der Waals surface area contributed by atoms with Crippen molar-refractivity contribution in [1.82, 2.24) is 0 Å². The first-order valence-corrected chi connectivity index (χ1v) is 11.4. The van der Waals surface area contributed by atoms with Gasteiger partial charge in [-0.25, -0.2) is 0 Å². The zero-order valence-corrected chi connectivity index (χ0v) is 20.3. The molecule has 0 radical (unpaired) electrons. The van der Waals surface area contributed by atoms with Crippen LogP contribution in [0.5, 0.6) is 0 Å². The van der Waals surface area contributed by atoms with Gasteiger partial charge in [-0.3, -0.25) is 0 Å². The molecule has 0 fully saturated rings. The quantitative estimate of drug-likeness (QED) is 0.632. The number of benzene rings is 1. The molecule has 0 spiro atoms. The Morgan fingerprint density at radius 3 is 1.96 bits per heavy atom. The smallest absolute Gasteiger partial charge is 1.00 e. The molecule has 0 nitrogen and oxygen atoms in total. The van der Waals surface area contributed by atoms with Gasteiger partial charge in [0, 0.05) is 0 Å². The Morgan fingerprint density at radius 1 is 0.920 bits per heavy atom. The summed E-state index contributed by atoms with van der Waals surface area (Å²) in [6, 6.07) is 9.09. The molecule has 1 unspecified atom stereocenters. The largest absolute Gasteiger partial charge is 1.00 e. The molecule has 0 amide bonds. The number of hydrogen-bond donors (Lipinski definition) is 0. The van der Waals surface area contributed by atoms with E-state index in [4.69, 9.17) is 0 Å². The Morgan fingerprint density at radius 2 is 1.44 bits per heavy atom. The predicted octanol–water partition coefficient (Wildman–Crippen LogP) is 0.736. The van der Waals surface area contributed by atoms with E-state index in [1.807, 2.05) is 0 Å². The van der Waals surface area contributed by atoms with Gasteiger partial charge in [-0.15, -0.1) is 0 Å². The van der Waals surface area contributed by atoms with E-state index in [2.05, 4.69) is 78.8 Å². The van der Waals surface area contributed by atoms with Crippen LogP contribution >= 0.6 is 0 Å². The molecule has 0 bridgehead atoms. The number of allylic oxidation sites excluding steroid dienone is 5. The molecule has 1 aromatic rings. The molecule has 134 valence electrons. The minimum Gasteiger partial charge on any atom is -1.00 e. The van der Waals surface area contributed by atoms with Gasteiger partial charge < -0.3 is 24.8 Å². The fraction of sp³-hybridized carbons (Fsp3) is 0.455. The van der Waals surface area contributed by atoms with E-state index in [0.29, 0.717) is 9.04 Å². The van der Waals surface area contributed by atoms with Gasteiger partial charge in [0.05, 0.1) is 0 Å². The van der Waals surface area contributed by atoms with Gasteiger partial charge in [0.25, 0.3) is 0 Å². The summed E-state index contributed by atoms with van der Waals surface area (Å²) in [5.74, 6) is 0.647. The Balaban J connectivity index is 0.00000156. The molecule has 3 rings (SSSR count). The molecule has 1 aromatic carbocycles. The van der Waals surface area contributed by atoms with Gasteiger partial charge in [-0.05, 0) is 0 Å². The van der Waals surface area contributed by atoms with Gasteiger partial charge in [-0.2, -0.15) is 0 Å². The van der Waals surface area contributed by atoms with Crippen molar-refractivity contribution in [2.24, 2.45) is 5.92 Å². The maximum atomic E-state index is 2.53. The first-order chi connectivity index (χ1) is 10.8. The molecule has 3 heteroatoms. The van der Waals surface area contributed by atoms with Crippen molar-refractivity contribution in [3.63, 3.8) is 0 Å². The number of rotatable bonds is 3. The molecular formula is C22H28Cl2Zr. The molecule has 0 aromatic heterocycles. The van der Waals surface area contributed by atoms with Gasteiger partial charge in [-0.1, -0.05) is 0 Å². The van der Waals surface area contributed by atoms with Crippen molar-refractivity contribution in [2.75, 3.05) is 0 Å². The molecule has 0 N–H and O–H groups in total. The molecule has 0 saturated heterocycles. The minimum absolute atomic E-state index is 0. The summed E-state index contributed by atoms with van der Waals surface area (Å²) in [6.45, 7) is 16.7. The topological polar surface area (TPSA) is 0 Å². The van der Waals surface area contributed by atoms with Crippen LogP contribution in [0.4, 0.5) is 0 Å². The van der Waals surface area contributed by atoms with Crippen LogP contribution in [0, 0.1) is 5.92 Å². The van der Waals surface area contributed by atoms with E-state index >= 15 is 0 Å². The zero-order chi connectivity index (χ0) is 16.9. The molecule has 2 aliphatic rings. The third-order valence-electron chi connectivity index (χ3n) is 6.25. The first-order valence-electron chi connectivity index (χ1n) is 8.71. The van der Waals surface area contributed by atoms with Crippen LogP contribution in [0.15, 0.2) is 52.1 Å². The Bertz CT molecular complexity index is 729. The number of hydrogen-bond acceptors (Lipinski definition) is 0. The van der Waals surface area contributed by atoms with Gasteiger partial charge in [0.1, 0.15) is 0 Å². The summed E-state index contributed by atoms with van der Waals surface area (Å²) in [7, 11) is 0. The first kappa shape index (κ1) is 22.9. The molecule has 1 atom stereocenters. The third-order valence-corrected chi connectivity index (χ3v) is 11.8. The fourth-order valence-electron chi connectivity index (χ4n) is 4.11. The maximum absolute atomic E-state index is 2.53. The van der Waals surface area contributed by atoms with Crippen LogP contribution in [-0.2, 0) is 23.2 Å². The summed E-state index contributed by atoms with van der Waals surface area (Å²) < 4.78 is 1.09. The normalized spacial score (nSPS) is 20.8.